The molecule has 0 aliphatic rings. The zero-order valence-corrected chi connectivity index (χ0v) is 8.83. The van der Waals surface area contributed by atoms with E-state index >= 15 is 0 Å². The average Bonchev–Trinajstić information content (AvgIpc) is 2.15. The van der Waals surface area contributed by atoms with Gasteiger partial charge in [0, 0.05) is 5.56 Å². The molecule has 0 aliphatic carbocycles. The molecule has 0 radical (unpaired) electrons. The molecule has 0 bridgehead atoms. The highest BCUT2D eigenvalue weighted by molar-refractivity contribution is 5.32. The molecule has 1 aromatic rings. The van der Waals surface area contributed by atoms with E-state index in [1.54, 1.807) is 13.0 Å². The molecule has 1 rings (SSSR count). The zero-order chi connectivity index (χ0) is 12.6. The summed E-state index contributed by atoms with van der Waals surface area (Å²) in [6.45, 7) is 3.19. The van der Waals surface area contributed by atoms with Crippen molar-refractivity contribution >= 4 is 0 Å². The van der Waals surface area contributed by atoms with E-state index in [1.807, 2.05) is 0 Å². The molecule has 5 heteroatoms. The van der Waals surface area contributed by atoms with Gasteiger partial charge in [-0.2, -0.15) is 22.0 Å². The summed E-state index contributed by atoms with van der Waals surface area (Å²) in [7, 11) is 0. The van der Waals surface area contributed by atoms with E-state index in [0.717, 1.165) is 12.1 Å². The second-order valence-electron chi connectivity index (χ2n) is 3.63. The number of hydrogen-bond donors (Lipinski definition) is 0. The SMILES string of the molecule is CCc1cc(C)cc(C(F)(F)C(F)(F)F)c1. The van der Waals surface area contributed by atoms with Gasteiger partial charge in [-0.3, -0.25) is 0 Å². The Morgan fingerprint density at radius 3 is 2.00 bits per heavy atom. The van der Waals surface area contributed by atoms with E-state index in [4.69, 9.17) is 0 Å². The molecule has 0 spiro atoms. The Labute approximate surface area is 90.1 Å². The molecule has 1 aromatic carbocycles. The van der Waals surface area contributed by atoms with Gasteiger partial charge < -0.3 is 0 Å². The Hall–Kier alpha value is -1.13. The van der Waals surface area contributed by atoms with Crippen LogP contribution in [0.4, 0.5) is 22.0 Å². The van der Waals surface area contributed by atoms with Crippen molar-refractivity contribution in [3.63, 3.8) is 0 Å². The molecule has 0 fully saturated rings. The first-order valence-electron chi connectivity index (χ1n) is 4.74. The van der Waals surface area contributed by atoms with Gasteiger partial charge in [0.2, 0.25) is 0 Å². The maximum atomic E-state index is 13.0. The molecule has 0 heterocycles. The number of benzene rings is 1. The molecule has 0 N–H and O–H groups in total. The smallest absolute Gasteiger partial charge is 0.191 e. The lowest BCUT2D eigenvalue weighted by molar-refractivity contribution is -0.289. The molecule has 0 aromatic heterocycles. The van der Waals surface area contributed by atoms with Crippen LogP contribution >= 0.6 is 0 Å². The molecular formula is C11H11F5. The third kappa shape index (κ3) is 2.33. The summed E-state index contributed by atoms with van der Waals surface area (Å²) < 4.78 is 62.5. The van der Waals surface area contributed by atoms with Crippen molar-refractivity contribution in [2.75, 3.05) is 0 Å². The fourth-order valence-corrected chi connectivity index (χ4v) is 1.41. The van der Waals surface area contributed by atoms with Gasteiger partial charge in [-0.1, -0.05) is 18.6 Å². The van der Waals surface area contributed by atoms with E-state index in [9.17, 15) is 22.0 Å². The van der Waals surface area contributed by atoms with Crippen LogP contribution in [0.25, 0.3) is 0 Å². The molecule has 0 amide bonds. The third-order valence-electron chi connectivity index (χ3n) is 2.26. The highest BCUT2D eigenvalue weighted by Crippen LogP contribution is 2.44. The van der Waals surface area contributed by atoms with E-state index in [1.165, 1.54) is 6.92 Å². The second kappa shape index (κ2) is 4.03. The van der Waals surface area contributed by atoms with Crippen LogP contribution in [0, 0.1) is 6.92 Å². The van der Waals surface area contributed by atoms with E-state index in [-0.39, 0.29) is 0 Å². The Morgan fingerprint density at radius 1 is 1.00 bits per heavy atom. The molecule has 0 aliphatic heterocycles. The topological polar surface area (TPSA) is 0 Å². The Bertz CT molecular complexity index is 378. The molecule has 0 saturated heterocycles. The predicted molar refractivity (Wildman–Crippen MR) is 50.5 cm³/mol. The van der Waals surface area contributed by atoms with Gasteiger partial charge in [0.25, 0.3) is 0 Å². The van der Waals surface area contributed by atoms with E-state index in [0.29, 0.717) is 17.5 Å². The predicted octanol–water partition coefficient (Wildman–Crippen LogP) is 4.21. The van der Waals surface area contributed by atoms with Gasteiger partial charge in [0.15, 0.2) is 0 Å². The van der Waals surface area contributed by atoms with E-state index < -0.39 is 17.7 Å². The summed E-state index contributed by atoms with van der Waals surface area (Å²) in [5.74, 6) is -4.79. The molecule has 0 nitrogen and oxygen atoms in total. The lowest BCUT2D eigenvalue weighted by Gasteiger charge is -2.20. The minimum absolute atomic E-state index is 0.401. The van der Waals surface area contributed by atoms with Crippen molar-refractivity contribution in [1.29, 1.82) is 0 Å². The Balaban J connectivity index is 3.27. The van der Waals surface area contributed by atoms with Crippen molar-refractivity contribution in [3.8, 4) is 0 Å². The van der Waals surface area contributed by atoms with Gasteiger partial charge in [-0.05, 0) is 31.0 Å². The van der Waals surface area contributed by atoms with Crippen LogP contribution in [-0.4, -0.2) is 6.18 Å². The minimum Gasteiger partial charge on any atom is -0.191 e. The number of halogens is 5. The van der Waals surface area contributed by atoms with Crippen LogP contribution in [0.2, 0.25) is 0 Å². The highest BCUT2D eigenvalue weighted by Gasteiger charge is 2.58. The van der Waals surface area contributed by atoms with Crippen molar-refractivity contribution in [3.05, 3.63) is 34.9 Å². The van der Waals surface area contributed by atoms with E-state index in [2.05, 4.69) is 0 Å². The van der Waals surface area contributed by atoms with Crippen molar-refractivity contribution < 1.29 is 22.0 Å². The standard InChI is InChI=1S/C11H11F5/c1-3-8-4-7(2)5-9(6-8)10(12,13)11(14,15)16/h4-6H,3H2,1-2H3. The summed E-state index contributed by atoms with van der Waals surface area (Å²) >= 11 is 0. The zero-order valence-electron chi connectivity index (χ0n) is 8.83. The number of hydrogen-bond acceptors (Lipinski definition) is 0. The number of rotatable bonds is 2. The van der Waals surface area contributed by atoms with Crippen LogP contribution in [0.1, 0.15) is 23.6 Å². The lowest BCUT2D eigenvalue weighted by Crippen LogP contribution is -2.33. The molecule has 0 atom stereocenters. The second-order valence-corrected chi connectivity index (χ2v) is 3.63. The summed E-state index contributed by atoms with van der Waals surface area (Å²) in [6.07, 6.45) is -5.13. The van der Waals surface area contributed by atoms with Crippen molar-refractivity contribution in [2.45, 2.75) is 32.4 Å². The Kier molecular flexibility index (Phi) is 3.26. The largest absolute Gasteiger partial charge is 0.458 e. The van der Waals surface area contributed by atoms with Crippen LogP contribution in [0.5, 0.6) is 0 Å². The lowest BCUT2D eigenvalue weighted by atomic mass is 10.0. The molecular weight excluding hydrogens is 227 g/mol. The summed E-state index contributed by atoms with van der Waals surface area (Å²) in [4.78, 5) is 0. The first-order chi connectivity index (χ1) is 7.18. The van der Waals surface area contributed by atoms with Gasteiger partial charge in [0.05, 0.1) is 0 Å². The molecule has 16 heavy (non-hydrogen) atoms. The molecule has 0 saturated carbocycles. The summed E-state index contributed by atoms with van der Waals surface area (Å²) in [6, 6.07) is 3.36. The summed E-state index contributed by atoms with van der Waals surface area (Å²) in [5, 5.41) is 0. The van der Waals surface area contributed by atoms with Crippen molar-refractivity contribution in [2.24, 2.45) is 0 Å². The minimum atomic E-state index is -5.55. The highest BCUT2D eigenvalue weighted by atomic mass is 19.4. The van der Waals surface area contributed by atoms with Crippen LogP contribution in [-0.2, 0) is 12.3 Å². The first kappa shape index (κ1) is 12.9. The number of aryl methyl sites for hydroxylation is 2. The van der Waals surface area contributed by atoms with Gasteiger partial charge in [-0.15, -0.1) is 0 Å². The number of alkyl halides is 5. The van der Waals surface area contributed by atoms with Crippen LogP contribution < -0.4 is 0 Å². The molecule has 90 valence electrons. The molecule has 0 unspecified atom stereocenters. The third-order valence-corrected chi connectivity index (χ3v) is 2.26. The maximum Gasteiger partial charge on any atom is 0.458 e. The maximum absolute atomic E-state index is 13.0. The first-order valence-corrected chi connectivity index (χ1v) is 4.74. The van der Waals surface area contributed by atoms with Crippen LogP contribution in [0.3, 0.4) is 0 Å². The quantitative estimate of drug-likeness (QED) is 0.677. The van der Waals surface area contributed by atoms with Crippen LogP contribution in [0.15, 0.2) is 18.2 Å². The normalized spacial score (nSPS) is 12.9. The fraction of sp³-hybridized carbons (Fsp3) is 0.455. The van der Waals surface area contributed by atoms with Crippen molar-refractivity contribution in [1.82, 2.24) is 0 Å². The van der Waals surface area contributed by atoms with Gasteiger partial charge >= 0.3 is 12.1 Å². The fourth-order valence-electron chi connectivity index (χ4n) is 1.41. The van der Waals surface area contributed by atoms with Gasteiger partial charge in [0.1, 0.15) is 0 Å². The monoisotopic (exact) mass is 238 g/mol. The van der Waals surface area contributed by atoms with Gasteiger partial charge in [-0.25, -0.2) is 0 Å². The summed E-state index contributed by atoms with van der Waals surface area (Å²) in [5.41, 5.74) is -0.117. The average molecular weight is 238 g/mol. The Morgan fingerprint density at radius 2 is 1.56 bits per heavy atom.